The van der Waals surface area contributed by atoms with Gasteiger partial charge in [0.1, 0.15) is 0 Å². The van der Waals surface area contributed by atoms with Crippen molar-refractivity contribution < 1.29 is 0 Å². The summed E-state index contributed by atoms with van der Waals surface area (Å²) in [6, 6.07) is 9.95. The first-order valence-corrected chi connectivity index (χ1v) is 17.3. The van der Waals surface area contributed by atoms with Crippen LogP contribution in [0.25, 0.3) is 0 Å². The van der Waals surface area contributed by atoms with Crippen LogP contribution in [0.5, 0.6) is 0 Å². The molecule has 0 aliphatic heterocycles. The van der Waals surface area contributed by atoms with Crippen molar-refractivity contribution in [2.45, 2.75) is 167 Å². The van der Waals surface area contributed by atoms with Gasteiger partial charge in [0.25, 0.3) is 0 Å². The van der Waals surface area contributed by atoms with E-state index in [0.717, 1.165) is 35.5 Å². The summed E-state index contributed by atoms with van der Waals surface area (Å²) < 4.78 is 0. The lowest BCUT2D eigenvalue weighted by Crippen LogP contribution is -2.26. The molecule has 4 rings (SSSR count). The topological polar surface area (TPSA) is 0 Å². The van der Waals surface area contributed by atoms with Gasteiger partial charge in [0.05, 0.1) is 0 Å². The maximum Gasteiger partial charge on any atom is -0.0162 e. The third-order valence-electron chi connectivity index (χ3n) is 11.3. The van der Waals surface area contributed by atoms with Crippen LogP contribution in [-0.2, 0) is 6.42 Å². The molecule has 1 aromatic carbocycles. The van der Waals surface area contributed by atoms with Gasteiger partial charge in [0, 0.05) is 0 Å². The second-order valence-electron chi connectivity index (χ2n) is 13.9. The van der Waals surface area contributed by atoms with E-state index in [1.54, 1.807) is 36.8 Å². The largest absolute Gasteiger partial charge is 0.0654 e. The smallest absolute Gasteiger partial charge is 0.0162 e. The summed E-state index contributed by atoms with van der Waals surface area (Å²) in [7, 11) is 0. The van der Waals surface area contributed by atoms with Crippen LogP contribution in [0.2, 0.25) is 0 Å². The van der Waals surface area contributed by atoms with E-state index in [2.05, 4.69) is 38.1 Å². The van der Waals surface area contributed by atoms with Crippen molar-refractivity contribution in [1.82, 2.24) is 0 Å². The number of unbranched alkanes of at least 4 members (excludes halogenated alkanes) is 5. The van der Waals surface area contributed by atoms with E-state index in [1.807, 2.05) is 0 Å². The molecule has 0 bridgehead atoms. The molecule has 0 nitrogen and oxygen atoms in total. The van der Waals surface area contributed by atoms with E-state index >= 15 is 0 Å². The Bertz CT molecular complexity index is 692. The van der Waals surface area contributed by atoms with Gasteiger partial charge in [-0.2, -0.15) is 0 Å². The van der Waals surface area contributed by atoms with Gasteiger partial charge in [-0.15, -0.1) is 0 Å². The standard InChI is InChI=1S/C37H62/c1-3-5-7-9-11-31-16-24-35(25-17-31)37-28-20-33(21-29-37)13-12-32-18-26-36(27-19-32)34-22-14-30(15-23-34)10-8-6-4-2/h18-19,26-27,30-31,33-35,37H,3-17,20-25,28-29H2,1-2H3/t30-,31-,33-,34-,35-,37-. The van der Waals surface area contributed by atoms with Crippen molar-refractivity contribution in [2.75, 3.05) is 0 Å². The van der Waals surface area contributed by atoms with Crippen molar-refractivity contribution in [3.05, 3.63) is 35.4 Å². The van der Waals surface area contributed by atoms with Crippen LogP contribution in [0.4, 0.5) is 0 Å². The number of aryl methyl sites for hydroxylation is 1. The van der Waals surface area contributed by atoms with Crippen molar-refractivity contribution in [2.24, 2.45) is 29.6 Å². The minimum atomic E-state index is 0.836. The van der Waals surface area contributed by atoms with Gasteiger partial charge in [0.15, 0.2) is 0 Å². The Hall–Kier alpha value is -0.780. The molecular formula is C37H62. The molecule has 0 radical (unpaired) electrons. The zero-order valence-corrected chi connectivity index (χ0v) is 25.0. The number of hydrogen-bond acceptors (Lipinski definition) is 0. The molecule has 0 spiro atoms. The molecule has 0 unspecified atom stereocenters. The van der Waals surface area contributed by atoms with E-state index in [9.17, 15) is 0 Å². The van der Waals surface area contributed by atoms with Crippen LogP contribution in [0.1, 0.15) is 172 Å². The zero-order valence-electron chi connectivity index (χ0n) is 25.0. The molecule has 0 aromatic heterocycles. The summed E-state index contributed by atoms with van der Waals surface area (Å²) in [5, 5.41) is 0. The van der Waals surface area contributed by atoms with Crippen molar-refractivity contribution in [1.29, 1.82) is 0 Å². The van der Waals surface area contributed by atoms with Crippen molar-refractivity contribution in [3.8, 4) is 0 Å². The molecule has 0 N–H and O–H groups in total. The fraction of sp³-hybridized carbons (Fsp3) is 0.838. The summed E-state index contributed by atoms with van der Waals surface area (Å²) in [4.78, 5) is 0. The highest BCUT2D eigenvalue weighted by molar-refractivity contribution is 5.26. The van der Waals surface area contributed by atoms with E-state index in [-0.39, 0.29) is 0 Å². The Balaban J connectivity index is 1.08. The second-order valence-corrected chi connectivity index (χ2v) is 13.9. The summed E-state index contributed by atoms with van der Waals surface area (Å²) in [5.74, 6) is 6.07. The van der Waals surface area contributed by atoms with Gasteiger partial charge in [-0.3, -0.25) is 0 Å². The Morgan fingerprint density at radius 1 is 0.486 bits per heavy atom. The first-order chi connectivity index (χ1) is 18.2. The minimum absolute atomic E-state index is 0.836. The normalized spacial score (nSPS) is 30.9. The molecule has 1 aromatic rings. The van der Waals surface area contributed by atoms with Crippen LogP contribution >= 0.6 is 0 Å². The number of hydrogen-bond donors (Lipinski definition) is 0. The van der Waals surface area contributed by atoms with Crippen LogP contribution in [-0.4, -0.2) is 0 Å². The van der Waals surface area contributed by atoms with Crippen LogP contribution in [0, 0.1) is 29.6 Å². The van der Waals surface area contributed by atoms with Gasteiger partial charge in [-0.1, -0.05) is 122 Å². The van der Waals surface area contributed by atoms with Gasteiger partial charge in [-0.25, -0.2) is 0 Å². The van der Waals surface area contributed by atoms with Crippen molar-refractivity contribution in [3.63, 3.8) is 0 Å². The fourth-order valence-corrected chi connectivity index (χ4v) is 8.55. The number of rotatable bonds is 14. The first-order valence-electron chi connectivity index (χ1n) is 17.3. The summed E-state index contributed by atoms with van der Waals surface area (Å²) in [5.41, 5.74) is 3.23. The first kappa shape index (κ1) is 29.2. The Morgan fingerprint density at radius 3 is 1.49 bits per heavy atom. The van der Waals surface area contributed by atoms with Crippen molar-refractivity contribution >= 4 is 0 Å². The molecule has 3 aliphatic carbocycles. The van der Waals surface area contributed by atoms with E-state index in [1.165, 1.54) is 122 Å². The summed E-state index contributed by atoms with van der Waals surface area (Å²) in [6.45, 7) is 4.66. The van der Waals surface area contributed by atoms with Crippen LogP contribution < -0.4 is 0 Å². The molecule has 0 atom stereocenters. The SMILES string of the molecule is CCCCCC[C@H]1CC[C@H]([C@H]2CC[C@H](CCc3ccc([C@H]4CC[C@H](CCCCC)CC4)cc3)CC2)CC1. The predicted molar refractivity (Wildman–Crippen MR) is 163 cm³/mol. The Kier molecular flexibility index (Phi) is 12.9. The van der Waals surface area contributed by atoms with Crippen LogP contribution in [0.3, 0.4) is 0 Å². The zero-order chi connectivity index (χ0) is 25.7. The van der Waals surface area contributed by atoms with Gasteiger partial charge >= 0.3 is 0 Å². The molecule has 0 saturated heterocycles. The number of benzene rings is 1. The molecular weight excluding hydrogens is 444 g/mol. The molecule has 3 saturated carbocycles. The predicted octanol–water partition coefficient (Wildman–Crippen LogP) is 12.1. The summed E-state index contributed by atoms with van der Waals surface area (Å²) >= 11 is 0. The summed E-state index contributed by atoms with van der Waals surface area (Å²) in [6.07, 6.45) is 33.9. The second kappa shape index (κ2) is 16.4. The lowest BCUT2D eigenvalue weighted by molar-refractivity contribution is 0.140. The van der Waals surface area contributed by atoms with E-state index < -0.39 is 0 Å². The Labute approximate surface area is 232 Å². The average Bonchev–Trinajstić information content (AvgIpc) is 2.96. The highest BCUT2D eigenvalue weighted by atomic mass is 14.4. The lowest BCUT2D eigenvalue weighted by atomic mass is 9.68. The third-order valence-corrected chi connectivity index (χ3v) is 11.3. The van der Waals surface area contributed by atoms with Gasteiger partial charge in [0.2, 0.25) is 0 Å². The molecule has 210 valence electrons. The van der Waals surface area contributed by atoms with Gasteiger partial charge in [-0.05, 0) is 111 Å². The lowest BCUT2D eigenvalue weighted by Gasteiger charge is -2.38. The fourth-order valence-electron chi connectivity index (χ4n) is 8.55. The molecule has 0 heterocycles. The minimum Gasteiger partial charge on any atom is -0.0654 e. The molecule has 37 heavy (non-hydrogen) atoms. The monoisotopic (exact) mass is 506 g/mol. The third kappa shape index (κ3) is 9.72. The maximum absolute atomic E-state index is 2.49. The molecule has 3 aliphatic rings. The molecule has 3 fully saturated rings. The highest BCUT2D eigenvalue weighted by Gasteiger charge is 2.30. The Morgan fingerprint density at radius 2 is 0.946 bits per heavy atom. The average molecular weight is 507 g/mol. The highest BCUT2D eigenvalue weighted by Crippen LogP contribution is 2.43. The molecule has 0 amide bonds. The maximum atomic E-state index is 2.49. The van der Waals surface area contributed by atoms with E-state index in [4.69, 9.17) is 0 Å². The van der Waals surface area contributed by atoms with Crippen LogP contribution in [0.15, 0.2) is 24.3 Å². The van der Waals surface area contributed by atoms with Gasteiger partial charge < -0.3 is 0 Å². The quantitative estimate of drug-likeness (QED) is 0.220. The molecule has 0 heteroatoms. The van der Waals surface area contributed by atoms with E-state index in [0.29, 0.717) is 0 Å².